The zero-order valence-corrected chi connectivity index (χ0v) is 3.90. The fourth-order valence-corrected chi connectivity index (χ4v) is 0.310. The molecule has 0 aliphatic heterocycles. The van der Waals surface area contributed by atoms with E-state index in [1.54, 1.807) is 0 Å². The Kier molecular flexibility index (Phi) is 0.997. The second kappa shape index (κ2) is 1.65. The van der Waals surface area contributed by atoms with Crippen LogP contribution in [0.25, 0.3) is 0 Å². The van der Waals surface area contributed by atoms with Gasteiger partial charge in [-0.3, -0.25) is 5.11 Å². The zero-order chi connectivity index (χ0) is 5.98. The van der Waals surface area contributed by atoms with Crippen molar-refractivity contribution < 1.29 is 10.2 Å². The van der Waals surface area contributed by atoms with Gasteiger partial charge in [-0.05, 0) is 0 Å². The maximum atomic E-state index is 10.2. The lowest BCUT2D eigenvalue weighted by molar-refractivity contribution is 0.315. The minimum Gasteiger partial charge on any atom is -0.490 e. The van der Waals surface area contributed by atoms with Crippen molar-refractivity contribution in [2.75, 3.05) is 0 Å². The summed E-state index contributed by atoms with van der Waals surface area (Å²) in [4.78, 5) is 6.57. The first-order valence-corrected chi connectivity index (χ1v) is 1.96. The molecule has 0 fully saturated rings. The van der Waals surface area contributed by atoms with Crippen molar-refractivity contribution in [3.8, 4) is 11.6 Å². The first-order chi connectivity index (χ1) is 3.80. The largest absolute Gasteiger partial charge is 0.490 e. The predicted octanol–water partition coefficient (Wildman–Crippen LogP) is 0.326. The molecule has 1 N–H and O–H groups in total. The summed E-state index contributed by atoms with van der Waals surface area (Å²) < 4.78 is 0. The highest BCUT2D eigenvalue weighted by Gasteiger charge is 1.97. The van der Waals surface area contributed by atoms with Gasteiger partial charge in [0.1, 0.15) is 6.33 Å². The first kappa shape index (κ1) is 4.83. The van der Waals surface area contributed by atoms with E-state index < -0.39 is 11.6 Å². The molecule has 1 radical (unpaired) electrons. The lowest BCUT2D eigenvalue weighted by Crippen LogP contribution is -1.74. The van der Waals surface area contributed by atoms with E-state index in [1.165, 1.54) is 0 Å². The molecule has 0 aromatic carbocycles. The van der Waals surface area contributed by atoms with Crippen LogP contribution in [0.1, 0.15) is 0 Å². The molecule has 0 aliphatic rings. The number of aromatic nitrogens is 2. The van der Waals surface area contributed by atoms with Gasteiger partial charge in [-0.2, -0.15) is 4.98 Å². The zero-order valence-electron chi connectivity index (χ0n) is 3.90. The standard InChI is InChI=1S/C4H3N2O2/c7-3-1-5-2-6-4(3)8/h1-2H,(H,5,6,8). The van der Waals surface area contributed by atoms with Crippen molar-refractivity contribution in [1.29, 1.82) is 0 Å². The molecule has 1 aromatic heterocycles. The average Bonchev–Trinajstić information content (AvgIpc) is 1.77. The van der Waals surface area contributed by atoms with Crippen molar-refractivity contribution in [3.05, 3.63) is 12.5 Å². The second-order valence-electron chi connectivity index (χ2n) is 1.21. The molecule has 0 spiro atoms. The van der Waals surface area contributed by atoms with E-state index in [-0.39, 0.29) is 0 Å². The molecule has 4 nitrogen and oxygen atoms in total. The van der Waals surface area contributed by atoms with Gasteiger partial charge < -0.3 is 5.11 Å². The third-order valence-electron chi connectivity index (χ3n) is 0.659. The van der Waals surface area contributed by atoms with Gasteiger partial charge in [0.2, 0.25) is 0 Å². The highest BCUT2D eigenvalue weighted by molar-refractivity contribution is 5.24. The molecule has 41 valence electrons. The van der Waals surface area contributed by atoms with Crippen molar-refractivity contribution >= 4 is 0 Å². The molecule has 0 bridgehead atoms. The summed E-state index contributed by atoms with van der Waals surface area (Å²) >= 11 is 0. The normalized spacial score (nSPS) is 9.00. The summed E-state index contributed by atoms with van der Waals surface area (Å²) in [6, 6.07) is 0. The maximum absolute atomic E-state index is 10.2. The fraction of sp³-hybridized carbons (Fsp3) is 0. The Morgan fingerprint density at radius 2 is 2.38 bits per heavy atom. The minimum atomic E-state index is -0.549. The highest BCUT2D eigenvalue weighted by atomic mass is 16.3. The van der Waals surface area contributed by atoms with Crippen molar-refractivity contribution in [2.24, 2.45) is 0 Å². The number of rotatable bonds is 0. The van der Waals surface area contributed by atoms with Gasteiger partial charge in [-0.1, -0.05) is 0 Å². The Morgan fingerprint density at radius 1 is 1.62 bits per heavy atom. The molecule has 0 atom stereocenters. The molecule has 0 saturated heterocycles. The second-order valence-corrected chi connectivity index (χ2v) is 1.21. The quantitative estimate of drug-likeness (QED) is 0.524. The van der Waals surface area contributed by atoms with Crippen LogP contribution in [0.15, 0.2) is 12.5 Å². The van der Waals surface area contributed by atoms with Crippen LogP contribution in [-0.4, -0.2) is 15.1 Å². The summed E-state index contributed by atoms with van der Waals surface area (Å²) in [5, 5.41) is 18.7. The van der Waals surface area contributed by atoms with Crippen LogP contribution in [0.5, 0.6) is 11.6 Å². The van der Waals surface area contributed by atoms with E-state index in [4.69, 9.17) is 5.11 Å². The van der Waals surface area contributed by atoms with E-state index in [1.807, 2.05) is 0 Å². The number of hydrogen-bond donors (Lipinski definition) is 1. The smallest absolute Gasteiger partial charge is 0.263 e. The Balaban J connectivity index is 3.13. The Hall–Kier alpha value is -1.32. The van der Waals surface area contributed by atoms with Gasteiger partial charge in [0.25, 0.3) is 11.6 Å². The number of hydrogen-bond acceptors (Lipinski definition) is 3. The summed E-state index contributed by atoms with van der Waals surface area (Å²) in [5.74, 6) is -1.05. The molecule has 0 amide bonds. The van der Waals surface area contributed by atoms with Crippen LogP contribution in [0, 0.1) is 0 Å². The van der Waals surface area contributed by atoms with Crippen LogP contribution >= 0.6 is 0 Å². The molecule has 1 heterocycles. The molecule has 0 unspecified atom stereocenters. The van der Waals surface area contributed by atoms with Crippen molar-refractivity contribution in [3.63, 3.8) is 0 Å². The molecule has 1 rings (SSSR count). The summed E-state index contributed by atoms with van der Waals surface area (Å²) in [7, 11) is 0. The van der Waals surface area contributed by atoms with Gasteiger partial charge in [0.15, 0.2) is 0 Å². The van der Waals surface area contributed by atoms with Crippen molar-refractivity contribution in [2.45, 2.75) is 0 Å². The number of aromatic hydroxyl groups is 1. The predicted molar refractivity (Wildman–Crippen MR) is 23.8 cm³/mol. The van der Waals surface area contributed by atoms with Gasteiger partial charge in [-0.25, -0.2) is 4.98 Å². The lowest BCUT2D eigenvalue weighted by atomic mass is 10.6. The molecule has 4 heteroatoms. The summed E-state index contributed by atoms with van der Waals surface area (Å²) in [6.45, 7) is 0. The summed E-state index contributed by atoms with van der Waals surface area (Å²) in [6.07, 6.45) is 2.11. The molecule has 0 aliphatic carbocycles. The van der Waals surface area contributed by atoms with Gasteiger partial charge in [0.05, 0.1) is 6.20 Å². The molecular formula is C4H3N2O2. The Bertz CT molecular complexity index is 168. The topological polar surface area (TPSA) is 65.9 Å². The SMILES string of the molecule is [O]c1cncnc1O. The van der Waals surface area contributed by atoms with E-state index in [0.29, 0.717) is 0 Å². The van der Waals surface area contributed by atoms with E-state index in [0.717, 1.165) is 12.5 Å². The summed E-state index contributed by atoms with van der Waals surface area (Å²) in [5.41, 5.74) is 0. The fourth-order valence-electron chi connectivity index (χ4n) is 0.310. The van der Waals surface area contributed by atoms with Crippen LogP contribution < -0.4 is 0 Å². The van der Waals surface area contributed by atoms with Gasteiger partial charge in [-0.15, -0.1) is 0 Å². The number of nitrogens with zero attached hydrogens (tertiary/aromatic N) is 2. The third-order valence-corrected chi connectivity index (χ3v) is 0.659. The van der Waals surface area contributed by atoms with Gasteiger partial charge in [0, 0.05) is 0 Å². The maximum Gasteiger partial charge on any atom is 0.263 e. The Morgan fingerprint density at radius 3 is 2.75 bits per heavy atom. The average molecular weight is 111 g/mol. The van der Waals surface area contributed by atoms with Gasteiger partial charge >= 0.3 is 0 Å². The minimum absolute atomic E-state index is 0.500. The molecule has 0 saturated carbocycles. The van der Waals surface area contributed by atoms with E-state index in [9.17, 15) is 5.11 Å². The molecule has 1 aromatic rings. The lowest BCUT2D eigenvalue weighted by Gasteiger charge is -1.85. The monoisotopic (exact) mass is 111 g/mol. The van der Waals surface area contributed by atoms with Crippen molar-refractivity contribution in [1.82, 2.24) is 9.97 Å². The van der Waals surface area contributed by atoms with E-state index in [2.05, 4.69) is 9.97 Å². The van der Waals surface area contributed by atoms with E-state index >= 15 is 0 Å². The van der Waals surface area contributed by atoms with Crippen LogP contribution in [0.3, 0.4) is 0 Å². The third kappa shape index (κ3) is 0.676. The molecular weight excluding hydrogens is 108 g/mol. The highest BCUT2D eigenvalue weighted by Crippen LogP contribution is 2.17. The van der Waals surface area contributed by atoms with Crippen LogP contribution in [0.4, 0.5) is 0 Å². The Labute approximate surface area is 45.5 Å². The molecule has 8 heavy (non-hydrogen) atoms. The van der Waals surface area contributed by atoms with Crippen LogP contribution in [0.2, 0.25) is 0 Å². The van der Waals surface area contributed by atoms with Crippen LogP contribution in [-0.2, 0) is 5.11 Å². The first-order valence-electron chi connectivity index (χ1n) is 1.96.